The van der Waals surface area contributed by atoms with Gasteiger partial charge >= 0.3 is 7.82 Å². The molecule has 39 heavy (non-hydrogen) atoms. The molecule has 0 saturated carbocycles. The van der Waals surface area contributed by atoms with Gasteiger partial charge in [-0.25, -0.2) is 4.57 Å². The van der Waals surface area contributed by atoms with Crippen molar-refractivity contribution in [3.63, 3.8) is 0 Å². The van der Waals surface area contributed by atoms with Gasteiger partial charge in [-0.2, -0.15) is 0 Å². The van der Waals surface area contributed by atoms with Crippen molar-refractivity contribution in [2.75, 3.05) is 34.0 Å². The van der Waals surface area contributed by atoms with E-state index in [2.05, 4.69) is 17.6 Å². The Bertz CT molecular complexity index is 801. The number of thiocarbonyl (C=S) groups is 1. The van der Waals surface area contributed by atoms with Gasteiger partial charge in [-0.1, -0.05) is 103 Å². The minimum absolute atomic E-state index is 0.110. The van der Waals surface area contributed by atoms with Crippen LogP contribution in [0.25, 0.3) is 0 Å². The number of benzene rings is 1. The Morgan fingerprint density at radius 3 is 2.10 bits per heavy atom. The van der Waals surface area contributed by atoms with E-state index >= 15 is 0 Å². The molecule has 2 unspecified atom stereocenters. The van der Waals surface area contributed by atoms with Crippen LogP contribution in [0, 0.1) is 0 Å². The first-order chi connectivity index (χ1) is 18.9. The number of phosphoric ester groups is 1. The Kier molecular flexibility index (Phi) is 21.6. The van der Waals surface area contributed by atoms with Crippen LogP contribution < -0.4 is 15.2 Å². The average Bonchev–Trinajstić information content (AvgIpc) is 2.93. The number of methoxy groups -OCH3 is 1. The Labute approximate surface area is 242 Å². The molecule has 1 rings (SSSR count). The van der Waals surface area contributed by atoms with Crippen molar-refractivity contribution in [3.05, 3.63) is 29.8 Å². The fraction of sp³-hybridized carbons (Fsp3) is 0.759. The van der Waals surface area contributed by atoms with Crippen LogP contribution in [-0.2, 0) is 25.1 Å². The van der Waals surface area contributed by atoms with Crippen LogP contribution in [0.2, 0.25) is 0 Å². The lowest BCUT2D eigenvalue weighted by molar-refractivity contribution is -0.0197. The molecule has 2 atom stereocenters. The van der Waals surface area contributed by atoms with Gasteiger partial charge in [0.15, 0.2) is 5.11 Å². The highest BCUT2D eigenvalue weighted by atomic mass is 32.1. The van der Waals surface area contributed by atoms with E-state index in [-0.39, 0.29) is 12.4 Å². The molecule has 0 heterocycles. The van der Waals surface area contributed by atoms with Crippen LogP contribution in [0.3, 0.4) is 0 Å². The summed E-state index contributed by atoms with van der Waals surface area (Å²) in [5, 5.41) is 6.35. The molecular weight excluding hydrogens is 535 g/mol. The molecule has 0 aliphatic carbocycles. The molecule has 0 radical (unpaired) electrons. The maximum atomic E-state index is 12.4. The molecule has 10 heteroatoms. The molecule has 0 bridgehead atoms. The highest BCUT2D eigenvalue weighted by molar-refractivity contribution is 7.80. The molecule has 0 aromatic heterocycles. The van der Waals surface area contributed by atoms with Crippen LogP contribution >= 0.6 is 20.0 Å². The van der Waals surface area contributed by atoms with E-state index in [0.29, 0.717) is 24.9 Å². The van der Waals surface area contributed by atoms with Gasteiger partial charge < -0.3 is 24.6 Å². The van der Waals surface area contributed by atoms with Gasteiger partial charge in [0.1, 0.15) is 11.9 Å². The quantitative estimate of drug-likeness (QED) is 0.0618. The summed E-state index contributed by atoms with van der Waals surface area (Å²) in [7, 11) is -1.06. The summed E-state index contributed by atoms with van der Waals surface area (Å²) >= 11 is 5.06. The Morgan fingerprint density at radius 2 is 1.54 bits per heavy atom. The summed E-state index contributed by atoms with van der Waals surface area (Å²) in [6, 6.07) is 6.85. The van der Waals surface area contributed by atoms with Crippen molar-refractivity contribution in [1.82, 2.24) is 10.6 Å². The lowest BCUT2D eigenvalue weighted by atomic mass is 10.0. The largest absolute Gasteiger partial charge is 0.527 e. The van der Waals surface area contributed by atoms with Gasteiger partial charge in [-0.15, -0.1) is 0 Å². The number of unbranched alkanes of at least 4 members (excludes halogenated alkanes) is 13. The van der Waals surface area contributed by atoms with E-state index in [4.69, 9.17) is 30.7 Å². The van der Waals surface area contributed by atoms with Crippen molar-refractivity contribution in [1.29, 1.82) is 0 Å². The molecule has 3 N–H and O–H groups in total. The molecule has 226 valence electrons. The van der Waals surface area contributed by atoms with Crippen molar-refractivity contribution < 1.29 is 28.0 Å². The molecule has 8 nitrogen and oxygen atoms in total. The van der Waals surface area contributed by atoms with Crippen LogP contribution in [0.15, 0.2) is 24.3 Å². The zero-order valence-electron chi connectivity index (χ0n) is 24.5. The summed E-state index contributed by atoms with van der Waals surface area (Å²) < 4.78 is 33.8. The number of phosphoric acid groups is 1. The van der Waals surface area contributed by atoms with Crippen LogP contribution in [0.1, 0.15) is 102 Å². The summed E-state index contributed by atoms with van der Waals surface area (Å²) in [5.41, 5.74) is 0.844. The van der Waals surface area contributed by atoms with E-state index in [1.807, 2.05) is 6.07 Å². The van der Waals surface area contributed by atoms with E-state index in [1.54, 1.807) is 25.2 Å². The molecule has 0 aliphatic heterocycles. The zero-order valence-corrected chi connectivity index (χ0v) is 26.2. The van der Waals surface area contributed by atoms with Crippen LogP contribution in [0.5, 0.6) is 5.75 Å². The molecule has 0 saturated heterocycles. The average molecular weight is 589 g/mol. The van der Waals surface area contributed by atoms with Crippen molar-refractivity contribution in [2.45, 2.75) is 109 Å². The third kappa shape index (κ3) is 20.3. The van der Waals surface area contributed by atoms with Gasteiger partial charge in [0, 0.05) is 27.3 Å². The number of nitrogens with one attached hydrogen (secondary N) is 2. The third-order valence-electron chi connectivity index (χ3n) is 6.50. The van der Waals surface area contributed by atoms with E-state index in [0.717, 1.165) is 18.4 Å². The normalized spacial score (nSPS) is 13.5. The highest BCUT2D eigenvalue weighted by Gasteiger charge is 2.25. The standard InChI is InChI=1S/C29H53N2O6PS/c1-4-5-6-7-8-9-10-11-12-13-14-15-16-17-21-35-24-28(34-3)25-36-38(32,33)37-27-20-18-19-26(22-27)23-31-29(39)30-2/h18-20,22,28H,4-17,21,23-25H2,1-3H3,(H,32,33)(H2,30,31,39). The first-order valence-corrected chi connectivity index (χ1v) is 16.6. The predicted molar refractivity (Wildman–Crippen MR) is 163 cm³/mol. The van der Waals surface area contributed by atoms with E-state index in [1.165, 1.54) is 84.2 Å². The lowest BCUT2D eigenvalue weighted by Gasteiger charge is -2.18. The van der Waals surface area contributed by atoms with Gasteiger partial charge in [-0.05, 0) is 36.3 Å². The Morgan fingerprint density at radius 1 is 0.949 bits per heavy atom. The van der Waals surface area contributed by atoms with Gasteiger partial charge in [0.2, 0.25) is 0 Å². The second kappa shape index (κ2) is 23.5. The molecule has 0 amide bonds. The molecule has 0 aliphatic rings. The SMILES string of the molecule is CCCCCCCCCCCCCCCCOCC(COP(=O)(O)Oc1cccc(CNC(=S)NC)c1)OC. The predicted octanol–water partition coefficient (Wildman–Crippen LogP) is 7.29. The first kappa shape index (κ1) is 35.8. The van der Waals surface area contributed by atoms with Crippen LogP contribution in [-0.4, -0.2) is 50.1 Å². The Balaban J connectivity index is 2.09. The maximum absolute atomic E-state index is 12.4. The fourth-order valence-corrected chi connectivity index (χ4v) is 4.98. The van der Waals surface area contributed by atoms with Crippen molar-refractivity contribution >= 4 is 25.2 Å². The number of ether oxygens (including phenoxy) is 2. The Hall–Kier alpha value is -1.22. The van der Waals surface area contributed by atoms with E-state index < -0.39 is 13.9 Å². The molecule has 0 fully saturated rings. The highest BCUT2D eigenvalue weighted by Crippen LogP contribution is 2.44. The molecule has 1 aromatic carbocycles. The monoisotopic (exact) mass is 588 g/mol. The first-order valence-electron chi connectivity index (χ1n) is 14.7. The second-order valence-corrected chi connectivity index (χ2v) is 11.8. The maximum Gasteiger partial charge on any atom is 0.527 e. The summed E-state index contributed by atoms with van der Waals surface area (Å²) in [6.07, 6.45) is 18.0. The molecular formula is C29H53N2O6PS. The van der Waals surface area contributed by atoms with E-state index in [9.17, 15) is 9.46 Å². The summed E-state index contributed by atoms with van der Waals surface area (Å²) in [5.74, 6) is 0.235. The number of hydrogen-bond donors (Lipinski definition) is 3. The topological polar surface area (TPSA) is 98.3 Å². The third-order valence-corrected chi connectivity index (χ3v) is 7.77. The van der Waals surface area contributed by atoms with Crippen molar-refractivity contribution in [2.24, 2.45) is 0 Å². The van der Waals surface area contributed by atoms with Crippen LogP contribution in [0.4, 0.5) is 0 Å². The minimum atomic E-state index is -4.32. The number of hydrogen-bond acceptors (Lipinski definition) is 6. The summed E-state index contributed by atoms with van der Waals surface area (Å²) in [4.78, 5) is 10.1. The second-order valence-electron chi connectivity index (χ2n) is 9.96. The smallest absolute Gasteiger partial charge is 0.404 e. The fourth-order valence-electron chi connectivity index (χ4n) is 4.12. The molecule has 1 aromatic rings. The molecule has 0 spiro atoms. The summed E-state index contributed by atoms with van der Waals surface area (Å²) in [6.45, 7) is 3.54. The van der Waals surface area contributed by atoms with Gasteiger partial charge in [0.05, 0.1) is 13.2 Å². The number of rotatable bonds is 25. The van der Waals surface area contributed by atoms with Gasteiger partial charge in [-0.3, -0.25) is 9.42 Å². The van der Waals surface area contributed by atoms with Crippen molar-refractivity contribution in [3.8, 4) is 5.75 Å². The zero-order chi connectivity index (χ0) is 28.6. The lowest BCUT2D eigenvalue weighted by Crippen LogP contribution is -2.31. The minimum Gasteiger partial charge on any atom is -0.404 e. The van der Waals surface area contributed by atoms with Gasteiger partial charge in [0.25, 0.3) is 0 Å².